The summed E-state index contributed by atoms with van der Waals surface area (Å²) in [5, 5.41) is 0. The summed E-state index contributed by atoms with van der Waals surface area (Å²) in [6.07, 6.45) is 11.7. The highest BCUT2D eigenvalue weighted by atomic mass is 16.6. The average molecular weight is 315 g/mol. The predicted molar refractivity (Wildman–Crippen MR) is 97.6 cm³/mol. The van der Waals surface area contributed by atoms with Gasteiger partial charge in [0.15, 0.2) is 0 Å². The molecule has 2 nitrogen and oxygen atoms in total. The van der Waals surface area contributed by atoms with E-state index in [9.17, 15) is 0 Å². The van der Waals surface area contributed by atoms with Crippen LogP contribution in [0.5, 0.6) is 0 Å². The smallest absolute Gasteiger partial charge is 0.0940 e. The van der Waals surface area contributed by atoms with Crippen LogP contribution >= 0.6 is 0 Å². The highest BCUT2D eigenvalue weighted by Crippen LogP contribution is 2.38. The van der Waals surface area contributed by atoms with Gasteiger partial charge in [0.2, 0.25) is 0 Å². The monoisotopic (exact) mass is 314 g/mol. The van der Waals surface area contributed by atoms with Crippen LogP contribution in [0.2, 0.25) is 0 Å². The van der Waals surface area contributed by atoms with Crippen molar-refractivity contribution in [2.45, 2.75) is 117 Å². The summed E-state index contributed by atoms with van der Waals surface area (Å²) in [7, 11) is 0. The molecule has 0 aromatic heterocycles. The summed E-state index contributed by atoms with van der Waals surface area (Å²) in [6.45, 7) is 15.3. The Kier molecular flexibility index (Phi) is 12.3. The molecule has 0 fully saturated rings. The second-order valence-corrected chi connectivity index (χ2v) is 7.07. The van der Waals surface area contributed by atoms with Gasteiger partial charge in [0.05, 0.1) is 11.2 Å². The first-order chi connectivity index (χ1) is 10.5. The van der Waals surface area contributed by atoms with E-state index in [1.54, 1.807) is 0 Å². The fraction of sp³-hybridized carbons (Fsp3) is 1.00. The third-order valence-electron chi connectivity index (χ3n) is 4.97. The van der Waals surface area contributed by atoms with Crippen molar-refractivity contribution in [3.63, 3.8) is 0 Å². The molecule has 0 aliphatic heterocycles. The minimum absolute atomic E-state index is 0.166. The molecule has 0 amide bonds. The molecule has 0 saturated carbocycles. The van der Waals surface area contributed by atoms with Gasteiger partial charge in [0, 0.05) is 13.2 Å². The summed E-state index contributed by atoms with van der Waals surface area (Å²) >= 11 is 0. The Hall–Kier alpha value is -0.0800. The molecule has 22 heavy (non-hydrogen) atoms. The van der Waals surface area contributed by atoms with Gasteiger partial charge in [0.25, 0.3) is 0 Å². The normalized spacial score (nSPS) is 17.2. The van der Waals surface area contributed by atoms with Gasteiger partial charge in [0.1, 0.15) is 0 Å². The SMILES string of the molecule is CCCCOC(C)(CCCC)C(C)(CCCC)OCCCC. The minimum Gasteiger partial charge on any atom is -0.372 e. The lowest BCUT2D eigenvalue weighted by Crippen LogP contribution is -2.54. The van der Waals surface area contributed by atoms with E-state index in [0.717, 1.165) is 38.9 Å². The third kappa shape index (κ3) is 7.46. The van der Waals surface area contributed by atoms with E-state index in [0.29, 0.717) is 0 Å². The first kappa shape index (κ1) is 21.9. The van der Waals surface area contributed by atoms with Crippen LogP contribution in [0.4, 0.5) is 0 Å². The maximum Gasteiger partial charge on any atom is 0.0940 e. The molecule has 134 valence electrons. The van der Waals surface area contributed by atoms with Crippen molar-refractivity contribution in [1.29, 1.82) is 0 Å². The molecule has 0 radical (unpaired) electrons. The molecule has 2 atom stereocenters. The van der Waals surface area contributed by atoms with E-state index in [4.69, 9.17) is 9.47 Å². The van der Waals surface area contributed by atoms with Crippen molar-refractivity contribution in [3.05, 3.63) is 0 Å². The van der Waals surface area contributed by atoms with Crippen molar-refractivity contribution >= 4 is 0 Å². The van der Waals surface area contributed by atoms with Crippen LogP contribution in [-0.4, -0.2) is 24.4 Å². The van der Waals surface area contributed by atoms with Crippen LogP contribution in [0.25, 0.3) is 0 Å². The Morgan fingerprint density at radius 2 is 0.864 bits per heavy atom. The van der Waals surface area contributed by atoms with Crippen molar-refractivity contribution in [3.8, 4) is 0 Å². The summed E-state index contributed by atoms with van der Waals surface area (Å²) in [4.78, 5) is 0. The van der Waals surface area contributed by atoms with Crippen LogP contribution in [0, 0.1) is 0 Å². The number of hydrogen-bond donors (Lipinski definition) is 0. The van der Waals surface area contributed by atoms with E-state index in [1.165, 1.54) is 38.5 Å². The van der Waals surface area contributed by atoms with Gasteiger partial charge >= 0.3 is 0 Å². The van der Waals surface area contributed by atoms with E-state index in [2.05, 4.69) is 41.5 Å². The second-order valence-electron chi connectivity index (χ2n) is 7.07. The van der Waals surface area contributed by atoms with Gasteiger partial charge in [-0.25, -0.2) is 0 Å². The Labute approximate surface area is 140 Å². The summed E-state index contributed by atoms with van der Waals surface area (Å²) in [6, 6.07) is 0. The van der Waals surface area contributed by atoms with Crippen LogP contribution in [0.15, 0.2) is 0 Å². The molecule has 0 heterocycles. The number of hydrogen-bond acceptors (Lipinski definition) is 2. The van der Waals surface area contributed by atoms with Crippen molar-refractivity contribution in [2.75, 3.05) is 13.2 Å². The van der Waals surface area contributed by atoms with Gasteiger partial charge < -0.3 is 9.47 Å². The van der Waals surface area contributed by atoms with Crippen molar-refractivity contribution < 1.29 is 9.47 Å². The summed E-state index contributed by atoms with van der Waals surface area (Å²) in [5.41, 5.74) is -0.331. The molecule has 0 aromatic carbocycles. The van der Waals surface area contributed by atoms with E-state index >= 15 is 0 Å². The van der Waals surface area contributed by atoms with Crippen LogP contribution in [0.1, 0.15) is 106 Å². The molecule has 0 saturated heterocycles. The summed E-state index contributed by atoms with van der Waals surface area (Å²) in [5.74, 6) is 0. The highest BCUT2D eigenvalue weighted by molar-refractivity contribution is 4.96. The van der Waals surface area contributed by atoms with Crippen LogP contribution in [-0.2, 0) is 9.47 Å². The number of unbranched alkanes of at least 4 members (excludes halogenated alkanes) is 4. The summed E-state index contributed by atoms with van der Waals surface area (Å²) < 4.78 is 12.9. The first-order valence-electron chi connectivity index (χ1n) is 9.77. The Balaban J connectivity index is 5.02. The van der Waals surface area contributed by atoms with Gasteiger partial charge in [-0.3, -0.25) is 0 Å². The molecule has 0 N–H and O–H groups in total. The molecule has 2 unspecified atom stereocenters. The minimum atomic E-state index is -0.166. The predicted octanol–water partition coefficient (Wildman–Crippen LogP) is 6.52. The zero-order valence-electron chi connectivity index (χ0n) is 16.3. The highest BCUT2D eigenvalue weighted by Gasteiger charge is 2.45. The van der Waals surface area contributed by atoms with Gasteiger partial charge in [-0.05, 0) is 39.5 Å². The Bertz CT molecular complexity index is 228. The number of rotatable bonds is 15. The molecular weight excluding hydrogens is 272 g/mol. The molecule has 0 spiro atoms. The quantitative estimate of drug-likeness (QED) is 0.320. The maximum atomic E-state index is 6.44. The molecule has 0 rings (SSSR count). The lowest BCUT2D eigenvalue weighted by molar-refractivity contribution is -0.202. The topological polar surface area (TPSA) is 18.5 Å². The maximum absolute atomic E-state index is 6.44. The molecular formula is C20H42O2. The standard InChI is InChI=1S/C20H42O2/c1-7-11-15-19(5,21-17-13-9-3)20(6,16-12-8-2)22-18-14-10-4/h7-18H2,1-6H3. The molecule has 0 bridgehead atoms. The molecule has 0 aliphatic carbocycles. The number of ether oxygens (including phenoxy) is 2. The Morgan fingerprint density at radius 1 is 0.545 bits per heavy atom. The van der Waals surface area contributed by atoms with E-state index in [-0.39, 0.29) is 11.2 Å². The van der Waals surface area contributed by atoms with E-state index in [1.807, 2.05) is 0 Å². The van der Waals surface area contributed by atoms with Gasteiger partial charge in [-0.15, -0.1) is 0 Å². The fourth-order valence-electron chi connectivity index (χ4n) is 2.89. The van der Waals surface area contributed by atoms with Crippen molar-refractivity contribution in [1.82, 2.24) is 0 Å². The van der Waals surface area contributed by atoms with Crippen LogP contribution < -0.4 is 0 Å². The molecule has 0 aliphatic rings. The average Bonchev–Trinajstić information content (AvgIpc) is 2.51. The lowest BCUT2D eigenvalue weighted by atomic mass is 9.78. The fourth-order valence-corrected chi connectivity index (χ4v) is 2.89. The first-order valence-corrected chi connectivity index (χ1v) is 9.77. The molecule has 2 heteroatoms. The molecule has 0 aromatic rings. The zero-order chi connectivity index (χ0) is 16.9. The second kappa shape index (κ2) is 12.4. The van der Waals surface area contributed by atoms with Crippen LogP contribution in [0.3, 0.4) is 0 Å². The van der Waals surface area contributed by atoms with Crippen molar-refractivity contribution in [2.24, 2.45) is 0 Å². The third-order valence-corrected chi connectivity index (χ3v) is 4.97. The Morgan fingerprint density at radius 3 is 1.14 bits per heavy atom. The zero-order valence-corrected chi connectivity index (χ0v) is 16.3. The lowest BCUT2D eigenvalue weighted by Gasteiger charge is -2.46. The van der Waals surface area contributed by atoms with E-state index < -0.39 is 0 Å². The van der Waals surface area contributed by atoms with Gasteiger partial charge in [-0.2, -0.15) is 0 Å². The largest absolute Gasteiger partial charge is 0.372 e. The van der Waals surface area contributed by atoms with Gasteiger partial charge in [-0.1, -0.05) is 66.2 Å².